The molecule has 0 spiro atoms. The summed E-state index contributed by atoms with van der Waals surface area (Å²) in [5, 5.41) is 0. The summed E-state index contributed by atoms with van der Waals surface area (Å²) >= 11 is 0. The van der Waals surface area contributed by atoms with Gasteiger partial charge in [0.25, 0.3) is 0 Å². The summed E-state index contributed by atoms with van der Waals surface area (Å²) in [6.07, 6.45) is 13.0. The van der Waals surface area contributed by atoms with Crippen molar-refractivity contribution in [2.24, 2.45) is 0 Å². The van der Waals surface area contributed by atoms with Gasteiger partial charge in [0.05, 0.1) is 0 Å². The van der Waals surface area contributed by atoms with Gasteiger partial charge in [-0.25, -0.2) is 0 Å². The van der Waals surface area contributed by atoms with Gasteiger partial charge in [0.2, 0.25) is 0 Å². The maximum absolute atomic E-state index is 2.26. The molecule has 5 aromatic carbocycles. The lowest BCUT2D eigenvalue weighted by Crippen LogP contribution is -2.06. The predicted molar refractivity (Wildman–Crippen MR) is 170 cm³/mol. The van der Waals surface area contributed by atoms with Crippen molar-refractivity contribution in [2.75, 3.05) is 0 Å². The molecule has 0 saturated carbocycles. The van der Waals surface area contributed by atoms with Crippen LogP contribution in [0.15, 0.2) is 121 Å². The van der Waals surface area contributed by atoms with Crippen LogP contribution in [0.5, 0.6) is 0 Å². The van der Waals surface area contributed by atoms with Crippen LogP contribution in [-0.2, 0) is 44.9 Å². The molecular formula is C40H40. The molecule has 0 saturated heterocycles. The van der Waals surface area contributed by atoms with Crippen molar-refractivity contribution < 1.29 is 0 Å². The Kier molecular flexibility index (Phi) is 8.54. The molecule has 5 aromatic rings. The Morgan fingerprint density at radius 1 is 0.250 bits per heavy atom. The van der Waals surface area contributed by atoms with Gasteiger partial charge >= 0.3 is 0 Å². The third-order valence-corrected chi connectivity index (χ3v) is 8.76. The van der Waals surface area contributed by atoms with E-state index in [4.69, 9.17) is 0 Å². The van der Waals surface area contributed by atoms with Gasteiger partial charge in [0, 0.05) is 0 Å². The first-order valence-electron chi connectivity index (χ1n) is 15.2. The maximum atomic E-state index is 2.26. The van der Waals surface area contributed by atoms with E-state index in [1.807, 2.05) is 0 Å². The molecule has 40 heavy (non-hydrogen) atoms. The van der Waals surface area contributed by atoms with E-state index in [-0.39, 0.29) is 0 Å². The fourth-order valence-corrected chi connectivity index (χ4v) is 6.41. The fourth-order valence-electron chi connectivity index (χ4n) is 6.41. The largest absolute Gasteiger partial charge is 0.0620 e. The van der Waals surface area contributed by atoms with Gasteiger partial charge in [0.15, 0.2) is 0 Å². The quantitative estimate of drug-likeness (QED) is 0.187. The molecule has 0 aromatic heterocycles. The third-order valence-electron chi connectivity index (χ3n) is 8.76. The van der Waals surface area contributed by atoms with Crippen LogP contribution in [0, 0.1) is 0 Å². The van der Waals surface area contributed by atoms with Gasteiger partial charge in [-0.1, -0.05) is 121 Å². The van der Waals surface area contributed by atoms with Crippen LogP contribution >= 0.6 is 0 Å². The lowest BCUT2D eigenvalue weighted by Gasteiger charge is -2.16. The highest BCUT2D eigenvalue weighted by atomic mass is 14.2. The predicted octanol–water partition coefficient (Wildman–Crippen LogP) is 9.78. The van der Waals surface area contributed by atoms with Crippen LogP contribution in [0.25, 0.3) is 11.1 Å². The monoisotopic (exact) mass is 520 g/mol. The van der Waals surface area contributed by atoms with Crippen LogP contribution < -0.4 is 0 Å². The van der Waals surface area contributed by atoms with E-state index in [9.17, 15) is 0 Å². The van der Waals surface area contributed by atoms with Crippen molar-refractivity contribution in [1.82, 2.24) is 0 Å². The normalized spacial score (nSPS) is 14.5. The molecule has 0 amide bonds. The van der Waals surface area contributed by atoms with Crippen LogP contribution in [0.1, 0.15) is 63.8 Å². The summed E-state index contributed by atoms with van der Waals surface area (Å²) in [7, 11) is 0. The third kappa shape index (κ3) is 6.28. The van der Waals surface area contributed by atoms with Gasteiger partial charge in [-0.3, -0.25) is 0 Å². The van der Waals surface area contributed by atoms with E-state index in [0.29, 0.717) is 0 Å². The molecule has 0 nitrogen and oxygen atoms in total. The Bertz CT molecular complexity index is 1440. The number of aryl methyl sites for hydroxylation is 6. The Morgan fingerprint density at radius 2 is 0.525 bits per heavy atom. The molecule has 0 bridgehead atoms. The van der Waals surface area contributed by atoms with Gasteiger partial charge in [-0.2, -0.15) is 0 Å². The van der Waals surface area contributed by atoms with E-state index in [0.717, 1.165) is 6.42 Å². The second-order valence-corrected chi connectivity index (χ2v) is 11.4. The minimum atomic E-state index is 1.10. The first-order chi connectivity index (χ1) is 19.8. The van der Waals surface area contributed by atoms with Crippen LogP contribution in [0.3, 0.4) is 0 Å². The zero-order valence-electron chi connectivity index (χ0n) is 23.6. The summed E-state index contributed by atoms with van der Waals surface area (Å²) in [6.45, 7) is 0. The standard InChI is InChI=1S/C13H10.C10H12.C9H10.C8H8/c1-3-7-12-10(5-1)9-11-6-2-4-8-13(11)12;1-2-6-10-8-4-3-7-9(10)5-1;1-2-5-9-7-3-6-8(9)4-1;1-2-4-8-6-5-7(8)3-1/h1-8H,9H2;1-2,5-6H,3-4,7-8H2;1-2,4-5H,3,6-7H2;1-4H,5-6H2. The SMILES string of the molecule is c1ccc2c(c1)CC2.c1ccc2c(c1)CCC2.c1ccc2c(c1)CCCC2.c1ccc2c(c1)Cc1ccccc1-2. The minimum absolute atomic E-state index is 1.10. The molecule has 0 N–H and O–H groups in total. The van der Waals surface area contributed by atoms with Crippen molar-refractivity contribution in [3.8, 4) is 11.1 Å². The highest BCUT2D eigenvalue weighted by molar-refractivity contribution is 5.76. The lowest BCUT2D eigenvalue weighted by atomic mass is 9.89. The Morgan fingerprint density at radius 3 is 0.850 bits per heavy atom. The molecule has 0 radical (unpaired) electrons. The van der Waals surface area contributed by atoms with Crippen molar-refractivity contribution in [3.05, 3.63) is 166 Å². The number of hydrogen-bond acceptors (Lipinski definition) is 0. The van der Waals surface area contributed by atoms with Crippen molar-refractivity contribution in [2.45, 2.75) is 64.2 Å². The summed E-state index contributed by atoms with van der Waals surface area (Å²) in [5.41, 5.74) is 15.1. The van der Waals surface area contributed by atoms with Crippen LogP contribution in [0.4, 0.5) is 0 Å². The van der Waals surface area contributed by atoms with E-state index >= 15 is 0 Å². The Balaban J connectivity index is 0.0000000981. The molecule has 0 atom stereocenters. The lowest BCUT2D eigenvalue weighted by molar-refractivity contribution is 0.685. The Hall–Kier alpha value is -3.90. The maximum Gasteiger partial charge on any atom is -0.00135 e. The van der Waals surface area contributed by atoms with Gasteiger partial charge in [-0.15, -0.1) is 0 Å². The molecule has 0 aliphatic heterocycles. The van der Waals surface area contributed by atoms with E-state index in [2.05, 4.69) is 121 Å². The van der Waals surface area contributed by atoms with Crippen molar-refractivity contribution in [3.63, 3.8) is 0 Å². The summed E-state index contributed by atoms with van der Waals surface area (Å²) in [5.74, 6) is 0. The number of hydrogen-bond donors (Lipinski definition) is 0. The van der Waals surface area contributed by atoms with Gasteiger partial charge in [-0.05, 0) is 120 Å². The van der Waals surface area contributed by atoms with Crippen molar-refractivity contribution in [1.29, 1.82) is 0 Å². The molecule has 0 fully saturated rings. The minimum Gasteiger partial charge on any atom is -0.0620 e. The van der Waals surface area contributed by atoms with Crippen LogP contribution in [-0.4, -0.2) is 0 Å². The van der Waals surface area contributed by atoms with Crippen LogP contribution in [0.2, 0.25) is 0 Å². The molecule has 200 valence electrons. The second-order valence-electron chi connectivity index (χ2n) is 11.4. The number of benzene rings is 5. The molecular weight excluding hydrogens is 480 g/mol. The highest BCUT2D eigenvalue weighted by Crippen LogP contribution is 2.35. The van der Waals surface area contributed by atoms with Gasteiger partial charge < -0.3 is 0 Å². The number of fused-ring (bicyclic) bond motifs is 6. The zero-order chi connectivity index (χ0) is 27.0. The van der Waals surface area contributed by atoms with E-state index in [1.54, 1.807) is 33.4 Å². The summed E-state index contributed by atoms with van der Waals surface area (Å²) < 4.78 is 0. The average molecular weight is 521 g/mol. The van der Waals surface area contributed by atoms with Gasteiger partial charge in [0.1, 0.15) is 0 Å². The Labute approximate surface area is 240 Å². The smallest absolute Gasteiger partial charge is 0.00135 e. The molecule has 4 aliphatic carbocycles. The first-order valence-corrected chi connectivity index (χ1v) is 15.2. The molecule has 9 rings (SSSR count). The second kappa shape index (κ2) is 13.0. The first kappa shape index (κ1) is 26.3. The summed E-state index contributed by atoms with van der Waals surface area (Å²) in [4.78, 5) is 0. The highest BCUT2D eigenvalue weighted by Gasteiger charge is 2.16. The number of rotatable bonds is 0. The summed E-state index contributed by atoms with van der Waals surface area (Å²) in [6, 6.07) is 43.5. The van der Waals surface area contributed by atoms with Crippen molar-refractivity contribution >= 4 is 0 Å². The topological polar surface area (TPSA) is 0 Å². The zero-order valence-corrected chi connectivity index (χ0v) is 23.6. The molecule has 0 unspecified atom stereocenters. The van der Waals surface area contributed by atoms with E-state index in [1.165, 1.54) is 80.0 Å². The molecule has 4 aliphatic rings. The van der Waals surface area contributed by atoms with E-state index < -0.39 is 0 Å². The average Bonchev–Trinajstić information content (AvgIpc) is 3.64. The molecule has 0 heterocycles. The molecule has 0 heteroatoms. The fraction of sp³-hybridized carbons (Fsp3) is 0.250.